The molecule has 3 N–H and O–H groups in total. The number of nitrogens with one attached hydrogen (secondary N) is 1. The molecule has 0 bridgehead atoms. The summed E-state index contributed by atoms with van der Waals surface area (Å²) in [4.78, 5) is 12.0. The van der Waals surface area contributed by atoms with Gasteiger partial charge in [-0.2, -0.15) is 0 Å². The highest BCUT2D eigenvalue weighted by Crippen LogP contribution is 2.48. The molecule has 0 aliphatic heterocycles. The van der Waals surface area contributed by atoms with Gasteiger partial charge in [-0.1, -0.05) is 38.1 Å². The van der Waals surface area contributed by atoms with Crippen molar-refractivity contribution >= 4 is 18.3 Å². The first-order valence-electron chi connectivity index (χ1n) is 7.54. The van der Waals surface area contributed by atoms with Gasteiger partial charge in [-0.25, -0.2) is 0 Å². The molecular weight excluding hydrogens is 284 g/mol. The number of hydrogen-bond donors (Lipinski definition) is 2. The van der Waals surface area contributed by atoms with Gasteiger partial charge in [-0.15, -0.1) is 12.4 Å². The van der Waals surface area contributed by atoms with E-state index in [2.05, 4.69) is 50.4 Å². The van der Waals surface area contributed by atoms with Crippen molar-refractivity contribution < 1.29 is 4.79 Å². The zero-order valence-corrected chi connectivity index (χ0v) is 14.0. The van der Waals surface area contributed by atoms with E-state index in [1.165, 1.54) is 11.1 Å². The molecule has 3 nitrogen and oxygen atoms in total. The van der Waals surface area contributed by atoms with Crippen molar-refractivity contribution in [1.82, 2.24) is 5.32 Å². The van der Waals surface area contributed by atoms with E-state index in [4.69, 9.17) is 5.73 Å². The minimum absolute atomic E-state index is 0. The van der Waals surface area contributed by atoms with Gasteiger partial charge in [-0.3, -0.25) is 4.79 Å². The lowest BCUT2D eigenvalue weighted by atomic mass is 9.91. The third-order valence-electron chi connectivity index (χ3n) is 4.23. The molecule has 2 rings (SSSR count). The number of carbonyl (C=O) groups is 1. The summed E-state index contributed by atoms with van der Waals surface area (Å²) < 4.78 is 0. The highest BCUT2D eigenvalue weighted by Gasteiger charge is 2.45. The summed E-state index contributed by atoms with van der Waals surface area (Å²) in [6.07, 6.45) is 3.04. The van der Waals surface area contributed by atoms with E-state index in [1.807, 2.05) is 0 Å². The molecule has 0 unspecified atom stereocenters. The van der Waals surface area contributed by atoms with E-state index in [0.717, 1.165) is 19.3 Å². The normalized spacial score (nSPS) is 17.0. The maximum absolute atomic E-state index is 12.0. The molecule has 1 aromatic carbocycles. The van der Waals surface area contributed by atoms with Crippen LogP contribution in [-0.2, 0) is 10.2 Å². The number of carbonyl (C=O) groups excluding carboxylic acids is 1. The van der Waals surface area contributed by atoms with E-state index in [0.29, 0.717) is 12.5 Å². The summed E-state index contributed by atoms with van der Waals surface area (Å²) in [5.74, 6) is 0.431. The third kappa shape index (κ3) is 4.45. The van der Waals surface area contributed by atoms with Gasteiger partial charge in [0.15, 0.2) is 0 Å². The molecule has 1 atom stereocenters. The summed E-state index contributed by atoms with van der Waals surface area (Å²) >= 11 is 0. The van der Waals surface area contributed by atoms with Crippen LogP contribution in [0.25, 0.3) is 0 Å². The van der Waals surface area contributed by atoms with Gasteiger partial charge < -0.3 is 11.1 Å². The van der Waals surface area contributed by atoms with E-state index in [-0.39, 0.29) is 29.8 Å². The first-order valence-corrected chi connectivity index (χ1v) is 7.54. The molecule has 0 radical (unpaired) electrons. The molecule has 1 aliphatic rings. The second kappa shape index (κ2) is 7.28. The molecule has 0 spiro atoms. The van der Waals surface area contributed by atoms with Crippen LogP contribution in [-0.4, -0.2) is 18.5 Å². The zero-order chi connectivity index (χ0) is 14.8. The highest BCUT2D eigenvalue weighted by molar-refractivity contribution is 5.85. The van der Waals surface area contributed by atoms with Crippen LogP contribution in [0.5, 0.6) is 0 Å². The quantitative estimate of drug-likeness (QED) is 0.849. The second-order valence-electron chi connectivity index (χ2n) is 6.55. The van der Waals surface area contributed by atoms with Crippen LogP contribution in [0.2, 0.25) is 0 Å². The van der Waals surface area contributed by atoms with Gasteiger partial charge in [-0.05, 0) is 43.2 Å². The molecule has 0 heterocycles. The van der Waals surface area contributed by atoms with E-state index in [9.17, 15) is 4.79 Å². The first kappa shape index (κ1) is 18.0. The van der Waals surface area contributed by atoms with E-state index >= 15 is 0 Å². The van der Waals surface area contributed by atoms with Gasteiger partial charge in [0, 0.05) is 12.0 Å². The molecular formula is C17H27ClN2O. The predicted molar refractivity (Wildman–Crippen MR) is 89.8 cm³/mol. The third-order valence-corrected chi connectivity index (χ3v) is 4.23. The molecule has 1 aliphatic carbocycles. The Labute approximate surface area is 134 Å². The number of amides is 1. The van der Waals surface area contributed by atoms with Crippen LogP contribution in [0.3, 0.4) is 0 Å². The van der Waals surface area contributed by atoms with E-state index < -0.39 is 0 Å². The van der Waals surface area contributed by atoms with Crippen LogP contribution >= 0.6 is 12.4 Å². The molecule has 0 aromatic heterocycles. The monoisotopic (exact) mass is 310 g/mol. The molecule has 118 valence electrons. The van der Waals surface area contributed by atoms with Gasteiger partial charge in [0.1, 0.15) is 0 Å². The van der Waals surface area contributed by atoms with Crippen molar-refractivity contribution in [2.75, 3.05) is 6.54 Å². The molecule has 21 heavy (non-hydrogen) atoms. The molecule has 0 saturated heterocycles. The van der Waals surface area contributed by atoms with Gasteiger partial charge in [0.2, 0.25) is 5.91 Å². The van der Waals surface area contributed by atoms with Crippen LogP contribution in [0, 0.1) is 12.8 Å². The number of hydrogen-bond acceptors (Lipinski definition) is 2. The van der Waals surface area contributed by atoms with Crippen molar-refractivity contribution in [3.8, 4) is 0 Å². The van der Waals surface area contributed by atoms with Crippen molar-refractivity contribution in [3.63, 3.8) is 0 Å². The SMILES string of the molecule is Cc1ccccc1C1(CNC(=O)[C@@H](N)CC(C)C)CC1.Cl. The van der Waals surface area contributed by atoms with Gasteiger partial charge >= 0.3 is 0 Å². The summed E-state index contributed by atoms with van der Waals surface area (Å²) in [6, 6.07) is 8.08. The van der Waals surface area contributed by atoms with Crippen LogP contribution in [0.15, 0.2) is 24.3 Å². The number of aryl methyl sites for hydroxylation is 1. The van der Waals surface area contributed by atoms with Gasteiger partial charge in [0.05, 0.1) is 6.04 Å². The average Bonchev–Trinajstić information content (AvgIpc) is 3.16. The fourth-order valence-corrected chi connectivity index (χ4v) is 2.86. The molecule has 1 amide bonds. The standard InChI is InChI=1S/C17H26N2O.ClH/c1-12(2)10-15(18)16(20)19-11-17(8-9-17)14-7-5-4-6-13(14)3;/h4-7,12,15H,8-11,18H2,1-3H3,(H,19,20);1H/t15-;/m0./s1. The molecule has 4 heteroatoms. The Balaban J connectivity index is 0.00000220. The average molecular weight is 311 g/mol. The van der Waals surface area contributed by atoms with Gasteiger partial charge in [0.25, 0.3) is 0 Å². The zero-order valence-electron chi connectivity index (χ0n) is 13.2. The van der Waals surface area contributed by atoms with Crippen molar-refractivity contribution in [1.29, 1.82) is 0 Å². The molecule has 1 fully saturated rings. The minimum atomic E-state index is -0.386. The predicted octanol–water partition coefficient (Wildman–Crippen LogP) is 2.94. The number of halogens is 1. The largest absolute Gasteiger partial charge is 0.354 e. The Kier molecular flexibility index (Phi) is 6.24. The smallest absolute Gasteiger partial charge is 0.236 e. The Bertz CT molecular complexity index is 483. The molecule has 1 aromatic rings. The minimum Gasteiger partial charge on any atom is -0.354 e. The summed E-state index contributed by atoms with van der Waals surface area (Å²) in [5, 5.41) is 3.05. The lowest BCUT2D eigenvalue weighted by Gasteiger charge is -2.21. The van der Waals surface area contributed by atoms with Crippen molar-refractivity contribution in [3.05, 3.63) is 35.4 Å². The number of nitrogens with two attached hydrogens (primary N) is 1. The van der Waals surface area contributed by atoms with Crippen molar-refractivity contribution in [2.45, 2.75) is 51.5 Å². The maximum atomic E-state index is 12.0. The van der Waals surface area contributed by atoms with Crippen LogP contribution in [0.1, 0.15) is 44.2 Å². The topological polar surface area (TPSA) is 55.1 Å². The summed E-state index contributed by atoms with van der Waals surface area (Å²) in [7, 11) is 0. The van der Waals surface area contributed by atoms with Crippen LogP contribution < -0.4 is 11.1 Å². The van der Waals surface area contributed by atoms with Crippen LogP contribution in [0.4, 0.5) is 0 Å². The Morgan fingerprint density at radius 1 is 1.33 bits per heavy atom. The number of benzene rings is 1. The van der Waals surface area contributed by atoms with Crippen molar-refractivity contribution in [2.24, 2.45) is 11.7 Å². The fourth-order valence-electron chi connectivity index (χ4n) is 2.86. The lowest BCUT2D eigenvalue weighted by molar-refractivity contribution is -0.122. The highest BCUT2D eigenvalue weighted by atomic mass is 35.5. The Morgan fingerprint density at radius 2 is 1.95 bits per heavy atom. The van der Waals surface area contributed by atoms with E-state index in [1.54, 1.807) is 0 Å². The summed E-state index contributed by atoms with van der Waals surface area (Å²) in [6.45, 7) is 7.02. The number of rotatable bonds is 6. The lowest BCUT2D eigenvalue weighted by Crippen LogP contribution is -2.44. The Hall–Kier alpha value is -1.06. The first-order chi connectivity index (χ1) is 9.44. The maximum Gasteiger partial charge on any atom is 0.236 e. The Morgan fingerprint density at radius 3 is 2.48 bits per heavy atom. The second-order valence-corrected chi connectivity index (χ2v) is 6.55. The molecule has 1 saturated carbocycles. The summed E-state index contributed by atoms with van der Waals surface area (Å²) in [5.41, 5.74) is 8.76. The fraction of sp³-hybridized carbons (Fsp3) is 0.588.